The monoisotopic (exact) mass is 476 g/mol. The molecule has 0 radical (unpaired) electrons. The summed E-state index contributed by atoms with van der Waals surface area (Å²) in [5.41, 5.74) is 6.03. The number of pyridine rings is 1. The Morgan fingerprint density at radius 3 is 1.57 bits per heavy atom. The Bertz CT molecular complexity index is 1810. The molecular formula is C32H20N4O. The average molecular weight is 477 g/mol. The molecule has 7 aromatic rings. The lowest BCUT2D eigenvalue weighted by molar-refractivity contribution is 0.670. The number of benzene rings is 4. The predicted octanol–water partition coefficient (Wildman–Crippen LogP) is 7.83. The Kier molecular flexibility index (Phi) is 5.03. The van der Waals surface area contributed by atoms with E-state index in [1.807, 2.05) is 103 Å². The van der Waals surface area contributed by atoms with E-state index in [4.69, 9.17) is 19.4 Å². The molecular weight excluding hydrogens is 456 g/mol. The molecule has 0 spiro atoms. The Morgan fingerprint density at radius 1 is 0.432 bits per heavy atom. The van der Waals surface area contributed by atoms with Gasteiger partial charge in [-0.25, -0.2) is 15.0 Å². The molecule has 37 heavy (non-hydrogen) atoms. The first kappa shape index (κ1) is 21.1. The molecule has 0 fully saturated rings. The van der Waals surface area contributed by atoms with Crippen molar-refractivity contribution in [3.8, 4) is 45.4 Å². The second-order valence-corrected chi connectivity index (χ2v) is 8.72. The van der Waals surface area contributed by atoms with Gasteiger partial charge in [-0.05, 0) is 24.3 Å². The van der Waals surface area contributed by atoms with Gasteiger partial charge in [-0.3, -0.25) is 4.98 Å². The topological polar surface area (TPSA) is 64.7 Å². The van der Waals surface area contributed by atoms with Gasteiger partial charge < -0.3 is 4.42 Å². The summed E-state index contributed by atoms with van der Waals surface area (Å²) >= 11 is 0. The van der Waals surface area contributed by atoms with Crippen LogP contribution in [-0.2, 0) is 0 Å². The van der Waals surface area contributed by atoms with Gasteiger partial charge in [0.2, 0.25) is 0 Å². The first-order chi connectivity index (χ1) is 18.3. The SMILES string of the molecule is c1ccc(-c2nc(-c3ccccc3)nc(-c3cccc4c3oc3c(-c5ccccn5)cccc34)n2)cc1. The highest BCUT2D eigenvalue weighted by Crippen LogP contribution is 2.39. The molecule has 0 bridgehead atoms. The maximum absolute atomic E-state index is 6.57. The van der Waals surface area contributed by atoms with Gasteiger partial charge >= 0.3 is 0 Å². The summed E-state index contributed by atoms with van der Waals surface area (Å²) in [7, 11) is 0. The largest absolute Gasteiger partial charge is 0.455 e. The highest BCUT2D eigenvalue weighted by molar-refractivity contribution is 6.12. The van der Waals surface area contributed by atoms with E-state index in [-0.39, 0.29) is 0 Å². The maximum atomic E-state index is 6.57. The van der Waals surface area contributed by atoms with Gasteiger partial charge in [0.15, 0.2) is 17.5 Å². The molecule has 0 atom stereocenters. The van der Waals surface area contributed by atoms with Crippen LogP contribution in [0.15, 0.2) is 126 Å². The molecule has 0 aliphatic rings. The molecule has 0 aliphatic carbocycles. The Hall–Kier alpha value is -5.16. The molecule has 0 aliphatic heterocycles. The highest BCUT2D eigenvalue weighted by atomic mass is 16.3. The normalized spacial score (nSPS) is 11.2. The Morgan fingerprint density at radius 2 is 0.973 bits per heavy atom. The van der Waals surface area contributed by atoms with E-state index in [9.17, 15) is 0 Å². The summed E-state index contributed by atoms with van der Waals surface area (Å²) in [5, 5.41) is 2.04. The molecule has 0 saturated carbocycles. The van der Waals surface area contributed by atoms with Crippen LogP contribution in [-0.4, -0.2) is 19.9 Å². The van der Waals surface area contributed by atoms with E-state index in [0.29, 0.717) is 17.5 Å². The molecule has 3 heterocycles. The number of para-hydroxylation sites is 2. The van der Waals surface area contributed by atoms with Crippen LogP contribution in [0.3, 0.4) is 0 Å². The van der Waals surface area contributed by atoms with Crippen molar-refractivity contribution in [2.75, 3.05) is 0 Å². The summed E-state index contributed by atoms with van der Waals surface area (Å²) in [6.07, 6.45) is 1.79. The zero-order valence-corrected chi connectivity index (χ0v) is 19.7. The van der Waals surface area contributed by atoms with E-state index in [1.165, 1.54) is 0 Å². The van der Waals surface area contributed by atoms with Crippen molar-refractivity contribution in [1.29, 1.82) is 0 Å². The zero-order valence-electron chi connectivity index (χ0n) is 19.7. The van der Waals surface area contributed by atoms with Crippen LogP contribution < -0.4 is 0 Å². The molecule has 7 rings (SSSR count). The van der Waals surface area contributed by atoms with Gasteiger partial charge in [-0.15, -0.1) is 0 Å². The van der Waals surface area contributed by atoms with Gasteiger partial charge in [0.05, 0.1) is 11.3 Å². The summed E-state index contributed by atoms with van der Waals surface area (Å²) in [4.78, 5) is 19.2. The molecule has 0 saturated heterocycles. The number of fused-ring (bicyclic) bond motifs is 3. The minimum absolute atomic E-state index is 0.566. The van der Waals surface area contributed by atoms with Crippen molar-refractivity contribution in [2.24, 2.45) is 0 Å². The number of aromatic nitrogens is 4. The van der Waals surface area contributed by atoms with Crippen molar-refractivity contribution < 1.29 is 4.42 Å². The predicted molar refractivity (Wildman–Crippen MR) is 147 cm³/mol. The van der Waals surface area contributed by atoms with Gasteiger partial charge in [-0.1, -0.05) is 91.0 Å². The zero-order chi connectivity index (χ0) is 24.6. The molecule has 5 heteroatoms. The van der Waals surface area contributed by atoms with E-state index >= 15 is 0 Å². The second kappa shape index (κ2) is 8.81. The van der Waals surface area contributed by atoms with Gasteiger partial charge in [0, 0.05) is 33.7 Å². The van der Waals surface area contributed by atoms with Crippen LogP contribution in [0, 0.1) is 0 Å². The maximum Gasteiger partial charge on any atom is 0.167 e. The third-order valence-corrected chi connectivity index (χ3v) is 6.41. The molecule has 5 nitrogen and oxygen atoms in total. The van der Waals surface area contributed by atoms with E-state index in [0.717, 1.165) is 49.9 Å². The molecule has 3 aromatic heterocycles. The lowest BCUT2D eigenvalue weighted by atomic mass is 10.0. The highest BCUT2D eigenvalue weighted by Gasteiger charge is 2.19. The fourth-order valence-electron chi connectivity index (χ4n) is 4.65. The summed E-state index contributed by atoms with van der Waals surface area (Å²) in [5.74, 6) is 1.80. The molecule has 174 valence electrons. The van der Waals surface area contributed by atoms with E-state index in [2.05, 4.69) is 17.1 Å². The Labute approximate surface area is 213 Å². The summed E-state index contributed by atoms with van der Waals surface area (Å²) < 4.78 is 6.57. The fourth-order valence-corrected chi connectivity index (χ4v) is 4.65. The van der Waals surface area contributed by atoms with E-state index in [1.54, 1.807) is 6.20 Å². The van der Waals surface area contributed by atoms with Crippen molar-refractivity contribution in [3.63, 3.8) is 0 Å². The van der Waals surface area contributed by atoms with Crippen molar-refractivity contribution in [3.05, 3.63) is 121 Å². The summed E-state index contributed by atoms with van der Waals surface area (Å²) in [6.45, 7) is 0. The smallest absolute Gasteiger partial charge is 0.167 e. The summed E-state index contributed by atoms with van der Waals surface area (Å²) in [6, 6.07) is 38.1. The minimum Gasteiger partial charge on any atom is -0.455 e. The van der Waals surface area contributed by atoms with E-state index < -0.39 is 0 Å². The fraction of sp³-hybridized carbons (Fsp3) is 0. The van der Waals surface area contributed by atoms with Crippen LogP contribution in [0.25, 0.3) is 67.4 Å². The minimum atomic E-state index is 0.566. The van der Waals surface area contributed by atoms with Crippen LogP contribution in [0.4, 0.5) is 0 Å². The van der Waals surface area contributed by atoms with Crippen LogP contribution in [0.5, 0.6) is 0 Å². The number of hydrogen-bond acceptors (Lipinski definition) is 5. The number of nitrogens with zero attached hydrogens (tertiary/aromatic N) is 4. The lowest BCUT2D eigenvalue weighted by Crippen LogP contribution is -2.00. The standard InChI is InChI=1S/C32H20N4O/c1-3-11-21(12-4-1)30-34-31(22-13-5-2-6-14-22)36-32(35-30)26-18-10-16-24-23-15-9-17-25(28(23)37-29(24)26)27-19-7-8-20-33-27/h1-20H. The molecule has 4 aromatic carbocycles. The van der Waals surface area contributed by atoms with Crippen molar-refractivity contribution >= 4 is 21.9 Å². The van der Waals surface area contributed by atoms with Gasteiger partial charge in [0.25, 0.3) is 0 Å². The molecule has 0 amide bonds. The van der Waals surface area contributed by atoms with Crippen molar-refractivity contribution in [2.45, 2.75) is 0 Å². The number of furan rings is 1. The van der Waals surface area contributed by atoms with Crippen LogP contribution in [0.2, 0.25) is 0 Å². The quantitative estimate of drug-likeness (QED) is 0.259. The van der Waals surface area contributed by atoms with Gasteiger partial charge in [0.1, 0.15) is 11.2 Å². The van der Waals surface area contributed by atoms with Gasteiger partial charge in [-0.2, -0.15) is 0 Å². The first-order valence-electron chi connectivity index (χ1n) is 12.1. The first-order valence-corrected chi connectivity index (χ1v) is 12.1. The number of rotatable bonds is 4. The Balaban J connectivity index is 1.49. The third-order valence-electron chi connectivity index (χ3n) is 6.41. The molecule has 0 N–H and O–H groups in total. The second-order valence-electron chi connectivity index (χ2n) is 8.72. The van der Waals surface area contributed by atoms with Crippen LogP contribution in [0.1, 0.15) is 0 Å². The van der Waals surface area contributed by atoms with Crippen molar-refractivity contribution in [1.82, 2.24) is 19.9 Å². The molecule has 0 unspecified atom stereocenters. The lowest BCUT2D eigenvalue weighted by Gasteiger charge is -2.08. The van der Waals surface area contributed by atoms with Crippen LogP contribution >= 0.6 is 0 Å². The number of hydrogen-bond donors (Lipinski definition) is 0. The third kappa shape index (κ3) is 3.74. The average Bonchev–Trinajstić information content (AvgIpc) is 3.37.